The maximum atomic E-state index is 12.9. The summed E-state index contributed by atoms with van der Waals surface area (Å²) in [4.78, 5) is 27.0. The van der Waals surface area contributed by atoms with Crippen molar-refractivity contribution in [2.75, 3.05) is 6.61 Å². The lowest BCUT2D eigenvalue weighted by molar-refractivity contribution is -0.141. The minimum atomic E-state index is -0.537. The highest BCUT2D eigenvalue weighted by atomic mass is 16.5. The van der Waals surface area contributed by atoms with Gasteiger partial charge in [0.25, 0.3) is 0 Å². The van der Waals surface area contributed by atoms with Gasteiger partial charge in [0, 0.05) is 19.0 Å². The highest BCUT2D eigenvalue weighted by Gasteiger charge is 2.26. The van der Waals surface area contributed by atoms with Crippen LogP contribution in [0.3, 0.4) is 0 Å². The van der Waals surface area contributed by atoms with E-state index in [0.29, 0.717) is 26.0 Å². The van der Waals surface area contributed by atoms with E-state index in [-0.39, 0.29) is 17.9 Å². The number of hydrogen-bond donors (Lipinski definition) is 1. The lowest BCUT2D eigenvalue weighted by atomic mass is 10.1. The van der Waals surface area contributed by atoms with Crippen LogP contribution in [0.1, 0.15) is 39.2 Å². The fourth-order valence-electron chi connectivity index (χ4n) is 2.84. The number of amides is 2. The van der Waals surface area contributed by atoms with Crippen LogP contribution in [0, 0.1) is 0 Å². The lowest BCUT2D eigenvalue weighted by Crippen LogP contribution is -2.49. The van der Waals surface area contributed by atoms with E-state index in [1.807, 2.05) is 74.5 Å². The molecule has 2 aromatic rings. The van der Waals surface area contributed by atoms with Crippen LogP contribution in [0.4, 0.5) is 0 Å². The number of ether oxygens (including phenoxy) is 1. The zero-order valence-electron chi connectivity index (χ0n) is 16.9. The average molecular weight is 383 g/mol. The number of nitrogens with one attached hydrogen (secondary N) is 1. The van der Waals surface area contributed by atoms with E-state index in [1.165, 1.54) is 0 Å². The molecule has 0 aromatic heterocycles. The summed E-state index contributed by atoms with van der Waals surface area (Å²) < 4.78 is 5.66. The number of hydrogen-bond acceptors (Lipinski definition) is 3. The van der Waals surface area contributed by atoms with Gasteiger partial charge in [0.15, 0.2) is 0 Å². The van der Waals surface area contributed by atoms with Crippen molar-refractivity contribution in [2.24, 2.45) is 0 Å². The Morgan fingerprint density at radius 3 is 2.18 bits per heavy atom. The Kier molecular flexibility index (Phi) is 8.53. The van der Waals surface area contributed by atoms with E-state index in [9.17, 15) is 9.59 Å². The van der Waals surface area contributed by atoms with Gasteiger partial charge in [-0.3, -0.25) is 9.59 Å². The topological polar surface area (TPSA) is 58.6 Å². The number of rotatable bonds is 10. The standard InChI is InChI=1S/C23H30N2O3/c1-18(2)24-23(27)19(3)25(17-20-11-6-4-7-12-20)22(26)15-10-16-28-21-13-8-5-9-14-21/h4-9,11-14,18-19H,10,15-17H2,1-3H3,(H,24,27). The molecule has 2 rings (SSSR count). The molecule has 1 unspecified atom stereocenters. The molecule has 0 saturated carbocycles. The lowest BCUT2D eigenvalue weighted by Gasteiger charge is -2.29. The summed E-state index contributed by atoms with van der Waals surface area (Å²) in [6.45, 7) is 6.47. The fraction of sp³-hybridized carbons (Fsp3) is 0.391. The van der Waals surface area contributed by atoms with Crippen molar-refractivity contribution >= 4 is 11.8 Å². The van der Waals surface area contributed by atoms with Crippen LogP contribution < -0.4 is 10.1 Å². The van der Waals surface area contributed by atoms with Crippen molar-refractivity contribution in [3.8, 4) is 5.75 Å². The summed E-state index contributed by atoms with van der Waals surface area (Å²) in [6, 6.07) is 18.8. The van der Waals surface area contributed by atoms with Crippen LogP contribution in [0.15, 0.2) is 60.7 Å². The van der Waals surface area contributed by atoms with Crippen LogP contribution in [-0.4, -0.2) is 35.4 Å². The van der Waals surface area contributed by atoms with Crippen molar-refractivity contribution < 1.29 is 14.3 Å². The predicted octanol–water partition coefficient (Wildman–Crippen LogP) is 3.79. The first-order chi connectivity index (χ1) is 13.5. The summed E-state index contributed by atoms with van der Waals surface area (Å²) in [7, 11) is 0. The Labute approximate surface area is 167 Å². The Morgan fingerprint density at radius 2 is 1.57 bits per heavy atom. The second kappa shape index (κ2) is 11.1. The summed E-state index contributed by atoms with van der Waals surface area (Å²) in [5, 5.41) is 2.89. The summed E-state index contributed by atoms with van der Waals surface area (Å²) >= 11 is 0. The van der Waals surface area contributed by atoms with Gasteiger partial charge < -0.3 is 15.0 Å². The minimum absolute atomic E-state index is 0.0305. The number of benzene rings is 2. The number of nitrogens with zero attached hydrogens (tertiary/aromatic N) is 1. The maximum Gasteiger partial charge on any atom is 0.242 e. The molecule has 0 heterocycles. The van der Waals surface area contributed by atoms with Crippen LogP contribution in [-0.2, 0) is 16.1 Å². The quantitative estimate of drug-likeness (QED) is 0.636. The van der Waals surface area contributed by atoms with Gasteiger partial charge >= 0.3 is 0 Å². The largest absolute Gasteiger partial charge is 0.494 e. The molecule has 5 heteroatoms. The second-order valence-corrected chi connectivity index (χ2v) is 7.11. The van der Waals surface area contributed by atoms with Gasteiger partial charge in [0.2, 0.25) is 11.8 Å². The molecule has 0 fully saturated rings. The summed E-state index contributed by atoms with van der Waals surface area (Å²) in [5.74, 6) is 0.604. The maximum absolute atomic E-state index is 12.9. The minimum Gasteiger partial charge on any atom is -0.494 e. The van der Waals surface area contributed by atoms with E-state index >= 15 is 0 Å². The van der Waals surface area contributed by atoms with Gasteiger partial charge in [-0.25, -0.2) is 0 Å². The van der Waals surface area contributed by atoms with Crippen molar-refractivity contribution in [1.82, 2.24) is 10.2 Å². The molecule has 0 spiro atoms. The highest BCUT2D eigenvalue weighted by molar-refractivity contribution is 5.87. The zero-order chi connectivity index (χ0) is 20.4. The molecule has 0 aliphatic carbocycles. The van der Waals surface area contributed by atoms with Gasteiger partial charge in [-0.05, 0) is 44.9 Å². The van der Waals surface area contributed by atoms with E-state index < -0.39 is 6.04 Å². The number of carbonyl (C=O) groups is 2. The molecule has 0 aliphatic rings. The molecule has 0 radical (unpaired) electrons. The van der Waals surface area contributed by atoms with Gasteiger partial charge in [0.1, 0.15) is 11.8 Å². The molecule has 2 amide bonds. The van der Waals surface area contributed by atoms with Crippen LogP contribution in [0.5, 0.6) is 5.75 Å². The third-order valence-electron chi connectivity index (χ3n) is 4.34. The molecule has 1 atom stereocenters. The van der Waals surface area contributed by atoms with E-state index in [2.05, 4.69) is 5.32 Å². The van der Waals surface area contributed by atoms with Crippen LogP contribution in [0.25, 0.3) is 0 Å². The first kappa shape index (κ1) is 21.5. The molecular weight excluding hydrogens is 352 g/mol. The van der Waals surface area contributed by atoms with Gasteiger partial charge in [-0.2, -0.15) is 0 Å². The predicted molar refractivity (Wildman–Crippen MR) is 111 cm³/mol. The molecule has 0 aliphatic heterocycles. The monoisotopic (exact) mass is 382 g/mol. The number of para-hydroxylation sites is 1. The fourth-order valence-corrected chi connectivity index (χ4v) is 2.84. The molecule has 5 nitrogen and oxygen atoms in total. The Bertz CT molecular complexity index is 732. The van der Waals surface area contributed by atoms with E-state index in [0.717, 1.165) is 11.3 Å². The molecule has 2 aromatic carbocycles. The van der Waals surface area contributed by atoms with Crippen molar-refractivity contribution in [3.05, 3.63) is 66.2 Å². The zero-order valence-corrected chi connectivity index (χ0v) is 16.9. The molecule has 1 N–H and O–H groups in total. The Hall–Kier alpha value is -2.82. The first-order valence-electron chi connectivity index (χ1n) is 9.79. The van der Waals surface area contributed by atoms with Crippen LogP contribution >= 0.6 is 0 Å². The van der Waals surface area contributed by atoms with Gasteiger partial charge in [-0.15, -0.1) is 0 Å². The van der Waals surface area contributed by atoms with Gasteiger partial charge in [0.05, 0.1) is 6.61 Å². The normalized spacial score (nSPS) is 11.7. The molecule has 150 valence electrons. The molecule has 28 heavy (non-hydrogen) atoms. The third kappa shape index (κ3) is 7.06. The highest BCUT2D eigenvalue weighted by Crippen LogP contribution is 2.13. The van der Waals surface area contributed by atoms with Crippen molar-refractivity contribution in [3.63, 3.8) is 0 Å². The first-order valence-corrected chi connectivity index (χ1v) is 9.79. The second-order valence-electron chi connectivity index (χ2n) is 7.11. The Balaban J connectivity index is 1.96. The SMILES string of the molecule is CC(C)NC(=O)C(C)N(Cc1ccccc1)C(=O)CCCOc1ccccc1. The molecular formula is C23H30N2O3. The van der Waals surface area contributed by atoms with E-state index in [1.54, 1.807) is 11.8 Å². The molecule has 0 bridgehead atoms. The van der Waals surface area contributed by atoms with Crippen molar-refractivity contribution in [1.29, 1.82) is 0 Å². The summed E-state index contributed by atoms with van der Waals surface area (Å²) in [6.07, 6.45) is 0.927. The number of carbonyl (C=O) groups excluding carboxylic acids is 2. The van der Waals surface area contributed by atoms with Gasteiger partial charge in [-0.1, -0.05) is 48.5 Å². The van der Waals surface area contributed by atoms with Crippen LogP contribution in [0.2, 0.25) is 0 Å². The third-order valence-corrected chi connectivity index (χ3v) is 4.34. The van der Waals surface area contributed by atoms with E-state index in [4.69, 9.17) is 4.74 Å². The average Bonchev–Trinajstić information content (AvgIpc) is 2.70. The Morgan fingerprint density at radius 1 is 0.964 bits per heavy atom. The smallest absolute Gasteiger partial charge is 0.242 e. The summed E-state index contributed by atoms with van der Waals surface area (Å²) in [5.41, 5.74) is 1.00. The van der Waals surface area contributed by atoms with Crippen molar-refractivity contribution in [2.45, 2.75) is 52.2 Å². The molecule has 0 saturated heterocycles.